The van der Waals surface area contributed by atoms with Gasteiger partial charge in [0, 0.05) is 11.1 Å². The minimum atomic E-state index is 0.632. The third-order valence-corrected chi connectivity index (χ3v) is 3.91. The van der Waals surface area contributed by atoms with Gasteiger partial charge in [-0.2, -0.15) is 0 Å². The number of ether oxygens (including phenoxy) is 1. The van der Waals surface area contributed by atoms with Gasteiger partial charge in [-0.3, -0.25) is 0 Å². The molecule has 0 N–H and O–H groups in total. The first-order chi connectivity index (χ1) is 11.3. The molecule has 0 atom stereocenters. The summed E-state index contributed by atoms with van der Waals surface area (Å²) in [4.78, 5) is 4.65. The van der Waals surface area contributed by atoms with E-state index in [9.17, 15) is 0 Å². The summed E-state index contributed by atoms with van der Waals surface area (Å²) >= 11 is 0. The molecule has 0 aliphatic carbocycles. The predicted molar refractivity (Wildman–Crippen MR) is 91.4 cm³/mol. The minimum Gasteiger partial charge on any atom is -0.497 e. The van der Waals surface area contributed by atoms with Crippen LogP contribution in [0.25, 0.3) is 33.5 Å². The van der Waals surface area contributed by atoms with Crippen molar-refractivity contribution in [3.05, 3.63) is 73.0 Å². The van der Waals surface area contributed by atoms with Gasteiger partial charge in [0.1, 0.15) is 17.7 Å². The molecule has 112 valence electrons. The number of fused-ring (bicyclic) bond motifs is 1. The van der Waals surface area contributed by atoms with E-state index in [0.29, 0.717) is 5.89 Å². The van der Waals surface area contributed by atoms with Crippen molar-refractivity contribution in [2.24, 2.45) is 0 Å². The zero-order valence-electron chi connectivity index (χ0n) is 12.7. The van der Waals surface area contributed by atoms with Crippen molar-refractivity contribution in [1.29, 1.82) is 0 Å². The zero-order valence-corrected chi connectivity index (χ0v) is 12.7. The van der Waals surface area contributed by atoms with E-state index in [1.807, 2.05) is 48.5 Å². The molecule has 0 aliphatic rings. The van der Waals surface area contributed by atoms with Crippen LogP contribution < -0.4 is 4.74 Å². The largest absolute Gasteiger partial charge is 0.497 e. The van der Waals surface area contributed by atoms with Crippen LogP contribution >= 0.6 is 0 Å². The number of methoxy groups -OCH3 is 1. The van der Waals surface area contributed by atoms with Crippen LogP contribution in [-0.4, -0.2) is 12.1 Å². The van der Waals surface area contributed by atoms with Crippen LogP contribution in [0.5, 0.6) is 5.75 Å². The summed E-state index contributed by atoms with van der Waals surface area (Å²) in [7, 11) is 1.66. The fourth-order valence-electron chi connectivity index (χ4n) is 2.70. The number of oxazole rings is 1. The highest BCUT2D eigenvalue weighted by Gasteiger charge is 2.11. The average Bonchev–Trinajstić information content (AvgIpc) is 3.11. The number of rotatable bonds is 3. The Balaban J connectivity index is 1.77. The van der Waals surface area contributed by atoms with E-state index in [1.54, 1.807) is 13.4 Å². The molecule has 0 spiro atoms. The Kier molecular flexibility index (Phi) is 3.31. The zero-order chi connectivity index (χ0) is 15.6. The maximum atomic E-state index is 5.73. The number of hydrogen-bond acceptors (Lipinski definition) is 3. The number of hydrogen-bond donors (Lipinski definition) is 0. The molecule has 23 heavy (non-hydrogen) atoms. The van der Waals surface area contributed by atoms with E-state index in [4.69, 9.17) is 9.15 Å². The topological polar surface area (TPSA) is 35.3 Å². The van der Waals surface area contributed by atoms with Gasteiger partial charge in [-0.15, -0.1) is 0 Å². The molecule has 0 fully saturated rings. The van der Waals surface area contributed by atoms with Crippen LogP contribution in [0.4, 0.5) is 0 Å². The molecule has 3 nitrogen and oxygen atoms in total. The van der Waals surface area contributed by atoms with Gasteiger partial charge in [-0.05, 0) is 41.1 Å². The highest BCUT2D eigenvalue weighted by molar-refractivity contribution is 5.94. The summed E-state index contributed by atoms with van der Waals surface area (Å²) in [5.74, 6) is 1.46. The average molecular weight is 301 g/mol. The summed E-state index contributed by atoms with van der Waals surface area (Å²) in [6.07, 6.45) is 1.69. The second-order valence-electron chi connectivity index (χ2n) is 5.29. The van der Waals surface area contributed by atoms with Gasteiger partial charge in [0.2, 0.25) is 5.89 Å². The van der Waals surface area contributed by atoms with Gasteiger partial charge < -0.3 is 9.15 Å². The predicted octanol–water partition coefficient (Wildman–Crippen LogP) is 5.17. The van der Waals surface area contributed by atoms with Gasteiger partial charge in [-0.25, -0.2) is 4.98 Å². The smallest absolute Gasteiger partial charge is 0.227 e. The lowest BCUT2D eigenvalue weighted by Crippen LogP contribution is -1.84. The first-order valence-electron chi connectivity index (χ1n) is 7.43. The van der Waals surface area contributed by atoms with Gasteiger partial charge in [-0.1, -0.05) is 36.4 Å². The number of nitrogens with zero attached hydrogens (tertiary/aromatic N) is 1. The van der Waals surface area contributed by atoms with Crippen molar-refractivity contribution >= 4 is 10.8 Å². The maximum Gasteiger partial charge on any atom is 0.227 e. The lowest BCUT2D eigenvalue weighted by molar-refractivity contribution is 0.415. The Hall–Kier alpha value is -3.07. The van der Waals surface area contributed by atoms with Crippen molar-refractivity contribution in [1.82, 2.24) is 4.98 Å². The second-order valence-corrected chi connectivity index (χ2v) is 5.29. The van der Waals surface area contributed by atoms with E-state index < -0.39 is 0 Å². The molecule has 3 heteroatoms. The van der Waals surface area contributed by atoms with Crippen molar-refractivity contribution in [2.75, 3.05) is 7.11 Å². The Morgan fingerprint density at radius 3 is 2.48 bits per heavy atom. The highest BCUT2D eigenvalue weighted by atomic mass is 16.5. The third kappa shape index (κ3) is 2.46. The van der Waals surface area contributed by atoms with E-state index in [2.05, 4.69) is 23.2 Å². The van der Waals surface area contributed by atoms with Crippen molar-refractivity contribution in [3.63, 3.8) is 0 Å². The van der Waals surface area contributed by atoms with Crippen LogP contribution in [-0.2, 0) is 0 Å². The Morgan fingerprint density at radius 1 is 0.870 bits per heavy atom. The summed E-state index contributed by atoms with van der Waals surface area (Å²) in [6, 6.07) is 22.2. The number of aromatic nitrogens is 1. The lowest BCUT2D eigenvalue weighted by atomic mass is 10.0. The molecule has 0 saturated carbocycles. The van der Waals surface area contributed by atoms with E-state index >= 15 is 0 Å². The molecule has 3 aromatic carbocycles. The second kappa shape index (κ2) is 5.61. The molecule has 0 aliphatic heterocycles. The third-order valence-electron chi connectivity index (χ3n) is 3.91. The van der Waals surface area contributed by atoms with Crippen LogP contribution in [0, 0.1) is 0 Å². The molecule has 1 heterocycles. The molecular weight excluding hydrogens is 286 g/mol. The van der Waals surface area contributed by atoms with Crippen molar-refractivity contribution in [2.45, 2.75) is 0 Å². The van der Waals surface area contributed by atoms with Gasteiger partial charge in [0.15, 0.2) is 0 Å². The fourth-order valence-corrected chi connectivity index (χ4v) is 2.70. The molecule has 0 saturated heterocycles. The van der Waals surface area contributed by atoms with Crippen LogP contribution in [0.15, 0.2) is 77.4 Å². The molecule has 4 aromatic rings. The quantitative estimate of drug-likeness (QED) is 0.523. The first-order valence-corrected chi connectivity index (χ1v) is 7.43. The van der Waals surface area contributed by atoms with Gasteiger partial charge >= 0.3 is 0 Å². The fraction of sp³-hybridized carbons (Fsp3) is 0.0500. The van der Waals surface area contributed by atoms with Crippen LogP contribution in [0.3, 0.4) is 0 Å². The lowest BCUT2D eigenvalue weighted by Gasteiger charge is -2.02. The Labute approximate surface area is 134 Å². The number of benzene rings is 3. The molecule has 0 bridgehead atoms. The molecule has 0 unspecified atom stereocenters. The summed E-state index contributed by atoms with van der Waals surface area (Å²) in [5.41, 5.74) is 2.82. The van der Waals surface area contributed by atoms with Gasteiger partial charge in [0.25, 0.3) is 0 Å². The molecule has 0 amide bonds. The molecular formula is C20H15NO2. The molecule has 0 radical (unpaired) electrons. The van der Waals surface area contributed by atoms with Crippen LogP contribution in [0.2, 0.25) is 0 Å². The maximum absolute atomic E-state index is 5.73. The summed E-state index contributed by atoms with van der Waals surface area (Å²) in [5, 5.41) is 2.31. The van der Waals surface area contributed by atoms with Crippen molar-refractivity contribution < 1.29 is 9.15 Å². The normalized spacial score (nSPS) is 10.8. The first kappa shape index (κ1) is 13.6. The van der Waals surface area contributed by atoms with Crippen LogP contribution in [0.1, 0.15) is 0 Å². The minimum absolute atomic E-state index is 0.632. The molecule has 1 aromatic heterocycles. The van der Waals surface area contributed by atoms with E-state index in [-0.39, 0.29) is 0 Å². The van der Waals surface area contributed by atoms with Crippen molar-refractivity contribution in [3.8, 4) is 28.5 Å². The molecule has 4 rings (SSSR count). The van der Waals surface area contributed by atoms with E-state index in [0.717, 1.165) is 28.0 Å². The standard InChI is InChI=1S/C20H15NO2/c1-22-16-11-9-15(10-12-16)19-13-23-20(21-19)18-8-4-6-14-5-2-3-7-17(14)18/h2-13H,1H3. The SMILES string of the molecule is COc1ccc(-c2coc(-c3cccc4ccccc34)n2)cc1. The summed E-state index contributed by atoms with van der Waals surface area (Å²) in [6.45, 7) is 0. The summed E-state index contributed by atoms with van der Waals surface area (Å²) < 4.78 is 10.9. The Morgan fingerprint density at radius 2 is 1.65 bits per heavy atom. The monoisotopic (exact) mass is 301 g/mol. The van der Waals surface area contributed by atoms with Gasteiger partial charge in [0.05, 0.1) is 7.11 Å². The van der Waals surface area contributed by atoms with E-state index in [1.165, 1.54) is 5.39 Å². The Bertz CT molecular complexity index is 949. The highest BCUT2D eigenvalue weighted by Crippen LogP contribution is 2.30.